The van der Waals surface area contributed by atoms with Crippen LogP contribution in [0.15, 0.2) is 95.6 Å². The largest absolute Gasteiger partial charge is 0.459 e. The van der Waals surface area contributed by atoms with Gasteiger partial charge in [-0.1, -0.05) is 42.0 Å². The molecule has 8 nitrogen and oxygen atoms in total. The van der Waals surface area contributed by atoms with Gasteiger partial charge in [0.05, 0.1) is 12.8 Å². The van der Waals surface area contributed by atoms with Crippen molar-refractivity contribution in [1.82, 2.24) is 4.90 Å². The van der Waals surface area contributed by atoms with Gasteiger partial charge in [-0.3, -0.25) is 14.5 Å². The number of aryl methyl sites for hydroxylation is 1. The molecule has 9 heteroatoms. The van der Waals surface area contributed by atoms with Crippen LogP contribution in [0.2, 0.25) is 0 Å². The van der Waals surface area contributed by atoms with Gasteiger partial charge in [-0.15, -0.1) is 0 Å². The minimum atomic E-state index is -1.00. The fourth-order valence-corrected chi connectivity index (χ4v) is 4.21. The Morgan fingerprint density at radius 3 is 2.21 bits per heavy atom. The number of cyclic esters (lactones) is 1. The van der Waals surface area contributed by atoms with Gasteiger partial charge in [0.15, 0.2) is 17.9 Å². The first-order valence-corrected chi connectivity index (χ1v) is 11.9. The monoisotopic (exact) mass is 513 g/mol. The van der Waals surface area contributed by atoms with Crippen LogP contribution in [0, 0.1) is 12.7 Å². The predicted molar refractivity (Wildman–Crippen MR) is 138 cm³/mol. The van der Waals surface area contributed by atoms with E-state index >= 15 is 0 Å². The van der Waals surface area contributed by atoms with E-state index in [0.29, 0.717) is 16.9 Å². The maximum absolute atomic E-state index is 13.5. The van der Waals surface area contributed by atoms with Crippen molar-refractivity contribution < 1.29 is 27.9 Å². The number of halogens is 1. The van der Waals surface area contributed by atoms with Crippen LogP contribution in [-0.2, 0) is 16.1 Å². The molecule has 2 unspecified atom stereocenters. The van der Waals surface area contributed by atoms with Crippen molar-refractivity contribution in [3.63, 3.8) is 0 Å². The van der Waals surface area contributed by atoms with Crippen molar-refractivity contribution >= 4 is 29.3 Å². The van der Waals surface area contributed by atoms with Gasteiger partial charge in [-0.25, -0.2) is 9.18 Å². The van der Waals surface area contributed by atoms with Crippen molar-refractivity contribution in [3.8, 4) is 0 Å². The van der Waals surface area contributed by atoms with Gasteiger partial charge in [-0.05, 0) is 66.6 Å². The lowest BCUT2D eigenvalue weighted by Crippen LogP contribution is -2.43. The fourth-order valence-electron chi connectivity index (χ4n) is 4.21. The van der Waals surface area contributed by atoms with E-state index in [1.807, 2.05) is 31.2 Å². The van der Waals surface area contributed by atoms with Crippen molar-refractivity contribution in [2.45, 2.75) is 25.6 Å². The Morgan fingerprint density at radius 2 is 1.55 bits per heavy atom. The average Bonchev–Trinajstić information content (AvgIpc) is 3.56. The molecule has 192 valence electrons. The maximum Gasteiger partial charge on any atom is 0.411 e. The van der Waals surface area contributed by atoms with Crippen LogP contribution in [0.25, 0.3) is 0 Å². The summed E-state index contributed by atoms with van der Waals surface area (Å²) in [6.07, 6.45) is -0.139. The van der Waals surface area contributed by atoms with Crippen molar-refractivity contribution in [1.29, 1.82) is 0 Å². The highest BCUT2D eigenvalue weighted by Crippen LogP contribution is 2.35. The molecule has 1 fully saturated rings. The number of carbonyl (C=O) groups excluding carboxylic acids is 3. The maximum atomic E-state index is 13.5. The number of hydrogen-bond donors (Lipinski definition) is 2. The zero-order chi connectivity index (χ0) is 26.6. The van der Waals surface area contributed by atoms with Gasteiger partial charge in [0.25, 0.3) is 11.8 Å². The zero-order valence-electron chi connectivity index (χ0n) is 20.4. The number of nitrogens with zero attached hydrogens (tertiary/aromatic N) is 1. The second-order valence-corrected chi connectivity index (χ2v) is 8.91. The van der Waals surface area contributed by atoms with Crippen molar-refractivity contribution in [2.24, 2.45) is 0 Å². The summed E-state index contributed by atoms with van der Waals surface area (Å²) in [5, 5.41) is 5.49. The summed E-state index contributed by atoms with van der Waals surface area (Å²) >= 11 is 0. The van der Waals surface area contributed by atoms with Crippen LogP contribution in [0.3, 0.4) is 0 Å². The first kappa shape index (κ1) is 24.8. The molecule has 5 rings (SSSR count). The minimum absolute atomic E-state index is 0.161. The van der Waals surface area contributed by atoms with E-state index in [2.05, 4.69) is 10.6 Å². The highest BCUT2D eigenvalue weighted by Gasteiger charge is 2.47. The molecule has 2 heterocycles. The SMILES string of the molecule is Cc1ccc(CN2C(=O)OC(c3ccc(NC(=O)c4ccco4)cc3)C2C(=O)Nc2ccc(F)cc2)cc1. The van der Waals surface area contributed by atoms with E-state index in [1.165, 1.54) is 35.4 Å². The summed E-state index contributed by atoms with van der Waals surface area (Å²) in [4.78, 5) is 40.1. The Bertz CT molecular complexity index is 1440. The van der Waals surface area contributed by atoms with Gasteiger partial charge in [0.2, 0.25) is 0 Å². The first-order chi connectivity index (χ1) is 18.4. The van der Waals surface area contributed by atoms with Gasteiger partial charge < -0.3 is 19.8 Å². The molecular weight excluding hydrogens is 489 g/mol. The van der Waals surface area contributed by atoms with Crippen LogP contribution in [-0.4, -0.2) is 28.8 Å². The van der Waals surface area contributed by atoms with Crippen LogP contribution >= 0.6 is 0 Å². The highest BCUT2D eigenvalue weighted by atomic mass is 19.1. The standard InChI is InChI=1S/C29H24FN3O5/c1-18-4-6-19(7-5-18)17-33-25(28(35)32-23-14-10-21(30)11-15-23)26(38-29(33)36)20-8-12-22(13-9-20)31-27(34)24-3-2-16-37-24/h2-16,25-26H,17H2,1H3,(H,31,34)(H,32,35). The average molecular weight is 514 g/mol. The number of nitrogens with one attached hydrogen (secondary N) is 2. The molecule has 1 saturated heterocycles. The van der Waals surface area contributed by atoms with Gasteiger partial charge in [0.1, 0.15) is 5.82 Å². The molecule has 1 aliphatic rings. The van der Waals surface area contributed by atoms with E-state index in [1.54, 1.807) is 36.4 Å². The number of amides is 3. The Balaban J connectivity index is 1.40. The molecule has 0 aliphatic carbocycles. The van der Waals surface area contributed by atoms with Gasteiger partial charge in [0, 0.05) is 11.4 Å². The molecule has 4 aromatic rings. The molecule has 1 aliphatic heterocycles. The Hall–Kier alpha value is -4.92. The van der Waals surface area contributed by atoms with Crippen molar-refractivity contribution in [3.05, 3.63) is 119 Å². The second-order valence-electron chi connectivity index (χ2n) is 8.91. The van der Waals surface area contributed by atoms with Crippen LogP contribution in [0.1, 0.15) is 33.3 Å². The van der Waals surface area contributed by atoms with E-state index in [0.717, 1.165) is 11.1 Å². The summed E-state index contributed by atoms with van der Waals surface area (Å²) in [5.74, 6) is -1.14. The molecule has 2 N–H and O–H groups in total. The number of carbonyl (C=O) groups is 3. The lowest BCUT2D eigenvalue weighted by Gasteiger charge is -2.24. The fraction of sp³-hybridized carbons (Fsp3) is 0.138. The van der Waals surface area contributed by atoms with Gasteiger partial charge >= 0.3 is 6.09 Å². The van der Waals surface area contributed by atoms with Crippen LogP contribution < -0.4 is 10.6 Å². The molecule has 0 bridgehead atoms. The summed E-state index contributed by atoms with van der Waals surface area (Å²) in [5.41, 5.74) is 3.37. The zero-order valence-corrected chi connectivity index (χ0v) is 20.4. The molecule has 2 atom stereocenters. The number of benzene rings is 3. The van der Waals surface area contributed by atoms with Gasteiger partial charge in [-0.2, -0.15) is 0 Å². The topological polar surface area (TPSA) is 101 Å². The summed E-state index contributed by atoms with van der Waals surface area (Å²) in [6, 6.07) is 21.8. The van der Waals surface area contributed by atoms with E-state index in [4.69, 9.17) is 9.15 Å². The number of ether oxygens (including phenoxy) is 1. The molecule has 38 heavy (non-hydrogen) atoms. The lowest BCUT2D eigenvalue weighted by atomic mass is 10.00. The first-order valence-electron chi connectivity index (χ1n) is 11.9. The number of rotatable bonds is 7. The van der Waals surface area contributed by atoms with Crippen molar-refractivity contribution in [2.75, 3.05) is 10.6 Å². The Labute approximate surface area is 218 Å². The quantitative estimate of drug-likeness (QED) is 0.331. The number of anilines is 2. The summed E-state index contributed by atoms with van der Waals surface area (Å²) in [6.45, 7) is 2.12. The third-order valence-electron chi connectivity index (χ3n) is 6.18. The Kier molecular flexibility index (Phi) is 6.90. The molecule has 1 aromatic heterocycles. The summed E-state index contributed by atoms with van der Waals surface area (Å²) < 4.78 is 24.2. The second kappa shape index (κ2) is 10.6. The smallest absolute Gasteiger partial charge is 0.411 e. The van der Waals surface area contributed by atoms with E-state index in [-0.39, 0.29) is 12.3 Å². The Morgan fingerprint density at radius 1 is 0.895 bits per heavy atom. The third kappa shape index (κ3) is 5.41. The van der Waals surface area contributed by atoms with E-state index < -0.39 is 35.9 Å². The minimum Gasteiger partial charge on any atom is -0.459 e. The van der Waals surface area contributed by atoms with E-state index in [9.17, 15) is 18.8 Å². The molecule has 0 spiro atoms. The predicted octanol–water partition coefficient (Wildman–Crippen LogP) is 5.68. The molecular formula is C29H24FN3O5. The van der Waals surface area contributed by atoms with Crippen LogP contribution in [0.5, 0.6) is 0 Å². The summed E-state index contributed by atoms with van der Waals surface area (Å²) in [7, 11) is 0. The molecule has 3 amide bonds. The number of hydrogen-bond acceptors (Lipinski definition) is 5. The lowest BCUT2D eigenvalue weighted by molar-refractivity contribution is -0.121. The third-order valence-corrected chi connectivity index (χ3v) is 6.18. The normalized spacial score (nSPS) is 16.7. The molecule has 0 radical (unpaired) electrons. The number of furan rings is 1. The molecule has 0 saturated carbocycles. The van der Waals surface area contributed by atoms with Crippen LogP contribution in [0.4, 0.5) is 20.6 Å². The molecule has 3 aromatic carbocycles. The highest BCUT2D eigenvalue weighted by molar-refractivity contribution is 6.02.